The minimum atomic E-state index is -0.516. The topological polar surface area (TPSA) is 69.6 Å². The van der Waals surface area contributed by atoms with Crippen LogP contribution in [0.3, 0.4) is 0 Å². The van der Waals surface area contributed by atoms with Crippen LogP contribution in [0.5, 0.6) is 0 Å². The third-order valence-corrected chi connectivity index (χ3v) is 6.77. The molecule has 2 aliphatic rings. The summed E-state index contributed by atoms with van der Waals surface area (Å²) in [5.74, 6) is 0.181. The van der Waals surface area contributed by atoms with Crippen molar-refractivity contribution in [3.8, 4) is 0 Å². The van der Waals surface area contributed by atoms with Gasteiger partial charge in [0.25, 0.3) is 5.91 Å². The van der Waals surface area contributed by atoms with Crippen LogP contribution in [0, 0.1) is 6.92 Å². The zero-order valence-electron chi connectivity index (χ0n) is 16.3. The Labute approximate surface area is 169 Å². The van der Waals surface area contributed by atoms with Crippen LogP contribution in [0.25, 0.3) is 0 Å². The van der Waals surface area contributed by atoms with Gasteiger partial charge in [-0.3, -0.25) is 19.5 Å². The van der Waals surface area contributed by atoms with Gasteiger partial charge in [0.05, 0.1) is 17.2 Å². The van der Waals surface area contributed by atoms with E-state index in [1.165, 1.54) is 0 Å². The number of likely N-dealkylation sites (tertiary alicyclic amines) is 1. The van der Waals surface area contributed by atoms with E-state index >= 15 is 0 Å². The average molecular weight is 400 g/mol. The summed E-state index contributed by atoms with van der Waals surface area (Å²) in [7, 11) is 2.03. The fourth-order valence-electron chi connectivity index (χ4n) is 4.22. The molecule has 7 nitrogen and oxygen atoms in total. The van der Waals surface area contributed by atoms with Crippen LogP contribution in [0.15, 0.2) is 29.9 Å². The third-order valence-electron chi connectivity index (χ3n) is 5.95. The van der Waals surface area contributed by atoms with Crippen molar-refractivity contribution < 1.29 is 9.59 Å². The molecule has 0 aliphatic carbocycles. The van der Waals surface area contributed by atoms with Gasteiger partial charge in [-0.1, -0.05) is 0 Å². The van der Waals surface area contributed by atoms with Crippen LogP contribution in [-0.2, 0) is 11.3 Å². The number of rotatable bonds is 3. The number of amides is 2. The highest BCUT2D eigenvalue weighted by molar-refractivity contribution is 7.09. The summed E-state index contributed by atoms with van der Waals surface area (Å²) >= 11 is 1.62. The van der Waals surface area contributed by atoms with Crippen molar-refractivity contribution >= 4 is 23.2 Å². The summed E-state index contributed by atoms with van der Waals surface area (Å²) in [6.45, 7) is 5.28. The number of likely N-dealkylation sites (N-methyl/N-ethyl adjacent to an activating group) is 1. The number of thiazole rings is 1. The van der Waals surface area contributed by atoms with Gasteiger partial charge in [-0.25, -0.2) is 4.98 Å². The molecule has 1 spiro atoms. The van der Waals surface area contributed by atoms with Gasteiger partial charge in [0.1, 0.15) is 5.54 Å². The standard InChI is InChI=1S/C20H25N5O2S/c1-15-22-17(14-28-15)13-25-12-11-23(2)20(19(25)27)5-9-24(10-6-20)18(26)16-3-7-21-8-4-16/h3-4,7-8,14H,5-6,9-13H2,1-2H3. The number of hydrogen-bond donors (Lipinski definition) is 0. The highest BCUT2D eigenvalue weighted by Crippen LogP contribution is 2.34. The normalized spacial score (nSPS) is 20.0. The molecule has 0 unspecified atom stereocenters. The number of carbonyl (C=O) groups is 2. The Balaban J connectivity index is 1.46. The molecule has 8 heteroatoms. The smallest absolute Gasteiger partial charge is 0.253 e. The summed E-state index contributed by atoms with van der Waals surface area (Å²) in [5, 5.41) is 3.05. The molecule has 2 amide bonds. The molecule has 0 N–H and O–H groups in total. The van der Waals surface area contributed by atoms with Crippen molar-refractivity contribution in [3.63, 3.8) is 0 Å². The Kier molecular flexibility index (Phi) is 5.16. The predicted octanol–water partition coefficient (Wildman–Crippen LogP) is 1.80. The summed E-state index contributed by atoms with van der Waals surface area (Å²) in [4.78, 5) is 40.6. The number of hydrogen-bond acceptors (Lipinski definition) is 6. The lowest BCUT2D eigenvalue weighted by Crippen LogP contribution is -2.67. The van der Waals surface area contributed by atoms with E-state index in [0.29, 0.717) is 44.6 Å². The van der Waals surface area contributed by atoms with Crippen molar-refractivity contribution in [2.75, 3.05) is 33.2 Å². The second-order valence-corrected chi connectivity index (χ2v) is 8.63. The zero-order chi connectivity index (χ0) is 19.7. The van der Waals surface area contributed by atoms with Crippen molar-refractivity contribution in [2.24, 2.45) is 0 Å². The molecular weight excluding hydrogens is 374 g/mol. The first kappa shape index (κ1) is 19.0. The summed E-state index contributed by atoms with van der Waals surface area (Å²) in [6.07, 6.45) is 4.59. The van der Waals surface area contributed by atoms with Crippen molar-refractivity contribution in [1.29, 1.82) is 0 Å². The van der Waals surface area contributed by atoms with Crippen molar-refractivity contribution in [3.05, 3.63) is 46.2 Å². The van der Waals surface area contributed by atoms with Crippen LogP contribution >= 0.6 is 11.3 Å². The second-order valence-electron chi connectivity index (χ2n) is 7.57. The summed E-state index contributed by atoms with van der Waals surface area (Å²) < 4.78 is 0. The largest absolute Gasteiger partial charge is 0.338 e. The van der Waals surface area contributed by atoms with Gasteiger partial charge in [0.15, 0.2) is 0 Å². The lowest BCUT2D eigenvalue weighted by Gasteiger charge is -2.51. The van der Waals surface area contributed by atoms with Gasteiger partial charge in [0.2, 0.25) is 5.91 Å². The molecule has 2 fully saturated rings. The predicted molar refractivity (Wildman–Crippen MR) is 107 cm³/mol. The van der Waals surface area contributed by atoms with E-state index in [1.54, 1.807) is 35.9 Å². The molecule has 0 saturated carbocycles. The van der Waals surface area contributed by atoms with E-state index in [-0.39, 0.29) is 11.8 Å². The molecule has 2 aromatic rings. The SMILES string of the molecule is Cc1nc(CN2CCN(C)C3(CCN(C(=O)c4ccncc4)CC3)C2=O)cs1. The lowest BCUT2D eigenvalue weighted by molar-refractivity contribution is -0.154. The van der Waals surface area contributed by atoms with Gasteiger partial charge in [-0.05, 0) is 38.9 Å². The number of nitrogens with zero attached hydrogens (tertiary/aromatic N) is 5. The van der Waals surface area contributed by atoms with Gasteiger partial charge in [-0.2, -0.15) is 0 Å². The third kappa shape index (κ3) is 3.42. The number of carbonyl (C=O) groups excluding carboxylic acids is 2. The minimum absolute atomic E-state index is 0.0120. The van der Waals surface area contributed by atoms with Crippen molar-refractivity contribution in [1.82, 2.24) is 24.7 Å². The van der Waals surface area contributed by atoms with E-state index in [1.807, 2.05) is 29.2 Å². The molecule has 2 aliphatic heterocycles. The number of aryl methyl sites for hydroxylation is 1. The second kappa shape index (κ2) is 7.60. The zero-order valence-corrected chi connectivity index (χ0v) is 17.1. The molecule has 148 valence electrons. The first-order chi connectivity index (χ1) is 13.5. The average Bonchev–Trinajstić information content (AvgIpc) is 3.14. The molecule has 2 saturated heterocycles. The molecule has 0 aromatic carbocycles. The molecular formula is C20H25N5O2S. The molecule has 0 atom stereocenters. The quantitative estimate of drug-likeness (QED) is 0.787. The molecule has 0 bridgehead atoms. The Hall–Kier alpha value is -2.32. The highest BCUT2D eigenvalue weighted by atomic mass is 32.1. The van der Waals surface area contributed by atoms with Crippen LogP contribution < -0.4 is 0 Å². The molecule has 2 aromatic heterocycles. The fourth-order valence-corrected chi connectivity index (χ4v) is 4.83. The number of pyridine rings is 1. The van der Waals surface area contributed by atoms with Crippen LogP contribution in [0.2, 0.25) is 0 Å². The number of aromatic nitrogens is 2. The monoisotopic (exact) mass is 399 g/mol. The maximum absolute atomic E-state index is 13.4. The van der Waals surface area contributed by atoms with Crippen LogP contribution in [-0.4, -0.2) is 75.2 Å². The first-order valence-electron chi connectivity index (χ1n) is 9.60. The van der Waals surface area contributed by atoms with Crippen LogP contribution in [0.1, 0.15) is 33.9 Å². The fraction of sp³-hybridized carbons (Fsp3) is 0.500. The minimum Gasteiger partial charge on any atom is -0.338 e. The number of piperidine rings is 1. The van der Waals surface area contributed by atoms with E-state index < -0.39 is 5.54 Å². The summed E-state index contributed by atoms with van der Waals surface area (Å²) in [5.41, 5.74) is 1.09. The lowest BCUT2D eigenvalue weighted by atomic mass is 9.82. The van der Waals surface area contributed by atoms with Gasteiger partial charge >= 0.3 is 0 Å². The first-order valence-corrected chi connectivity index (χ1v) is 10.5. The summed E-state index contributed by atoms with van der Waals surface area (Å²) in [6, 6.07) is 3.48. The molecule has 4 heterocycles. The van der Waals surface area contributed by atoms with Gasteiger partial charge in [-0.15, -0.1) is 11.3 Å². The van der Waals surface area contributed by atoms with Gasteiger partial charge in [0, 0.05) is 49.5 Å². The van der Waals surface area contributed by atoms with E-state index in [4.69, 9.17) is 0 Å². The maximum atomic E-state index is 13.4. The van der Waals surface area contributed by atoms with Gasteiger partial charge < -0.3 is 9.80 Å². The van der Waals surface area contributed by atoms with Crippen molar-refractivity contribution in [2.45, 2.75) is 31.8 Å². The Morgan fingerprint density at radius 1 is 1.18 bits per heavy atom. The molecule has 28 heavy (non-hydrogen) atoms. The van der Waals surface area contributed by atoms with E-state index in [9.17, 15) is 9.59 Å². The van der Waals surface area contributed by atoms with E-state index in [0.717, 1.165) is 17.2 Å². The molecule has 0 radical (unpaired) electrons. The maximum Gasteiger partial charge on any atom is 0.253 e. The number of piperazine rings is 1. The van der Waals surface area contributed by atoms with E-state index in [2.05, 4.69) is 14.9 Å². The molecule has 4 rings (SSSR count). The Bertz CT molecular complexity index is 860. The highest BCUT2D eigenvalue weighted by Gasteiger charge is 2.49. The Morgan fingerprint density at radius 2 is 1.89 bits per heavy atom. The Morgan fingerprint density at radius 3 is 2.54 bits per heavy atom. The van der Waals surface area contributed by atoms with Crippen LogP contribution in [0.4, 0.5) is 0 Å².